The molecular weight excluding hydrogens is 84.1 g/mol. The highest BCUT2D eigenvalue weighted by Gasteiger charge is 2.34. The molecule has 1 aliphatic carbocycles. The molecule has 0 aromatic heterocycles. The lowest BCUT2D eigenvalue weighted by Crippen LogP contribution is -1.89. The summed E-state index contributed by atoms with van der Waals surface area (Å²) in [5, 5.41) is 0. The second-order valence-electron chi connectivity index (χ2n) is 3.12. The molecule has 7 heavy (non-hydrogen) atoms. The molecule has 0 nitrogen and oxygen atoms in total. The minimum absolute atomic E-state index is 0.940. The van der Waals surface area contributed by atoms with E-state index in [0.717, 1.165) is 17.8 Å². The van der Waals surface area contributed by atoms with E-state index in [1.807, 2.05) is 0 Å². The number of hydrogen-bond donors (Lipinski definition) is 0. The number of rotatable bonds is 1. The lowest BCUT2D eigenvalue weighted by Gasteiger charge is -1.97. The van der Waals surface area contributed by atoms with Gasteiger partial charge in [-0.3, -0.25) is 0 Å². The summed E-state index contributed by atoms with van der Waals surface area (Å²) < 4.78 is 0. The van der Waals surface area contributed by atoms with Crippen LogP contribution in [0.2, 0.25) is 0 Å². The zero-order valence-electron chi connectivity index (χ0n) is 5.44. The molecule has 42 valence electrons. The van der Waals surface area contributed by atoms with Crippen LogP contribution in [-0.4, -0.2) is 0 Å². The molecule has 0 bridgehead atoms. The van der Waals surface area contributed by atoms with Crippen LogP contribution in [-0.2, 0) is 0 Å². The van der Waals surface area contributed by atoms with Gasteiger partial charge >= 0.3 is 0 Å². The van der Waals surface area contributed by atoms with Crippen molar-refractivity contribution in [2.75, 3.05) is 0 Å². The van der Waals surface area contributed by atoms with E-state index in [1.165, 1.54) is 6.42 Å². The van der Waals surface area contributed by atoms with Crippen LogP contribution in [0.1, 0.15) is 27.2 Å². The molecular formula is C7H14. The minimum atomic E-state index is 0.940. The fourth-order valence-corrected chi connectivity index (χ4v) is 1.28. The van der Waals surface area contributed by atoms with Gasteiger partial charge in [-0.25, -0.2) is 0 Å². The Morgan fingerprint density at radius 3 is 1.86 bits per heavy atom. The Labute approximate surface area is 45.9 Å². The van der Waals surface area contributed by atoms with E-state index >= 15 is 0 Å². The normalized spacial score (nSPS) is 39.4. The first-order valence-electron chi connectivity index (χ1n) is 3.22. The van der Waals surface area contributed by atoms with Crippen LogP contribution in [0.4, 0.5) is 0 Å². The molecule has 1 saturated carbocycles. The van der Waals surface area contributed by atoms with Gasteiger partial charge in [0.15, 0.2) is 0 Å². The topological polar surface area (TPSA) is 0 Å². The van der Waals surface area contributed by atoms with Crippen LogP contribution in [0.25, 0.3) is 0 Å². The van der Waals surface area contributed by atoms with Crippen molar-refractivity contribution in [1.82, 2.24) is 0 Å². The van der Waals surface area contributed by atoms with Crippen LogP contribution < -0.4 is 0 Å². The third-order valence-electron chi connectivity index (χ3n) is 2.03. The van der Waals surface area contributed by atoms with Crippen molar-refractivity contribution < 1.29 is 0 Å². The summed E-state index contributed by atoms with van der Waals surface area (Å²) in [6, 6.07) is 0. The smallest absolute Gasteiger partial charge is 0.0363 e. The van der Waals surface area contributed by atoms with E-state index in [9.17, 15) is 0 Å². The predicted molar refractivity (Wildman–Crippen MR) is 32.1 cm³/mol. The first kappa shape index (κ1) is 5.14. The summed E-state index contributed by atoms with van der Waals surface area (Å²) >= 11 is 0. The lowest BCUT2D eigenvalue weighted by molar-refractivity contribution is 0.530. The second-order valence-corrected chi connectivity index (χ2v) is 3.12. The number of hydrogen-bond acceptors (Lipinski definition) is 0. The maximum atomic E-state index is 2.34. The van der Waals surface area contributed by atoms with Gasteiger partial charge in [0.2, 0.25) is 0 Å². The Bertz CT molecular complexity index is 64.4. The highest BCUT2D eigenvalue weighted by molar-refractivity contribution is 4.84. The van der Waals surface area contributed by atoms with Crippen LogP contribution in [0.5, 0.6) is 0 Å². The molecule has 0 heteroatoms. The van der Waals surface area contributed by atoms with Gasteiger partial charge in [-0.1, -0.05) is 20.8 Å². The van der Waals surface area contributed by atoms with Crippen LogP contribution in [0.15, 0.2) is 0 Å². The van der Waals surface area contributed by atoms with Gasteiger partial charge < -0.3 is 0 Å². The third-order valence-corrected chi connectivity index (χ3v) is 2.03. The Kier molecular flexibility index (Phi) is 1.10. The summed E-state index contributed by atoms with van der Waals surface area (Å²) in [4.78, 5) is 0. The Balaban J connectivity index is 2.20. The largest absolute Gasteiger partial charge is 0.0625 e. The Hall–Kier alpha value is 0. The van der Waals surface area contributed by atoms with Gasteiger partial charge in [-0.15, -0.1) is 0 Å². The molecule has 2 atom stereocenters. The summed E-state index contributed by atoms with van der Waals surface area (Å²) in [5.41, 5.74) is 0. The first-order chi connectivity index (χ1) is 3.22. The summed E-state index contributed by atoms with van der Waals surface area (Å²) in [6.07, 6.45) is 1.48. The average molecular weight is 98.2 g/mol. The van der Waals surface area contributed by atoms with E-state index in [-0.39, 0.29) is 0 Å². The van der Waals surface area contributed by atoms with Gasteiger partial charge in [0.25, 0.3) is 0 Å². The van der Waals surface area contributed by atoms with Gasteiger partial charge in [0.1, 0.15) is 0 Å². The Morgan fingerprint density at radius 1 is 1.43 bits per heavy atom. The molecule has 1 rings (SSSR count). The summed E-state index contributed by atoms with van der Waals surface area (Å²) in [6.45, 7) is 6.97. The van der Waals surface area contributed by atoms with Crippen molar-refractivity contribution in [3.63, 3.8) is 0 Å². The minimum Gasteiger partial charge on any atom is -0.0625 e. The zero-order chi connectivity index (χ0) is 5.44. The second kappa shape index (κ2) is 1.50. The van der Waals surface area contributed by atoms with Crippen molar-refractivity contribution in [3.05, 3.63) is 0 Å². The summed E-state index contributed by atoms with van der Waals surface area (Å²) in [5.74, 6) is 3.05. The Morgan fingerprint density at radius 2 is 1.86 bits per heavy atom. The molecule has 0 aromatic rings. The molecule has 1 fully saturated rings. The standard InChI is InChI=1S/C7H14/c1-5(2)7-4-6(7)3/h5-7H,4H2,1-3H3. The van der Waals surface area contributed by atoms with E-state index in [0.29, 0.717) is 0 Å². The quantitative estimate of drug-likeness (QED) is 0.472. The van der Waals surface area contributed by atoms with E-state index in [1.54, 1.807) is 0 Å². The zero-order valence-corrected chi connectivity index (χ0v) is 5.44. The highest BCUT2D eigenvalue weighted by atomic mass is 14.4. The molecule has 0 aliphatic heterocycles. The van der Waals surface area contributed by atoms with Gasteiger partial charge in [-0.05, 0) is 24.2 Å². The molecule has 0 saturated heterocycles. The van der Waals surface area contributed by atoms with Crippen LogP contribution >= 0.6 is 0 Å². The first-order valence-corrected chi connectivity index (χ1v) is 3.22. The molecule has 0 spiro atoms. The monoisotopic (exact) mass is 98.1 g/mol. The maximum Gasteiger partial charge on any atom is -0.0363 e. The third kappa shape index (κ3) is 0.960. The van der Waals surface area contributed by atoms with Gasteiger partial charge in [0, 0.05) is 0 Å². The molecule has 0 N–H and O–H groups in total. The fraction of sp³-hybridized carbons (Fsp3) is 1.00. The van der Waals surface area contributed by atoms with Crippen molar-refractivity contribution >= 4 is 0 Å². The maximum absolute atomic E-state index is 2.34. The van der Waals surface area contributed by atoms with E-state index in [4.69, 9.17) is 0 Å². The molecule has 0 amide bonds. The lowest BCUT2D eigenvalue weighted by atomic mass is 10.1. The van der Waals surface area contributed by atoms with Crippen molar-refractivity contribution in [2.24, 2.45) is 17.8 Å². The van der Waals surface area contributed by atoms with Crippen LogP contribution in [0.3, 0.4) is 0 Å². The van der Waals surface area contributed by atoms with Gasteiger partial charge in [0.05, 0.1) is 0 Å². The highest BCUT2D eigenvalue weighted by Crippen LogP contribution is 2.43. The van der Waals surface area contributed by atoms with Gasteiger partial charge in [-0.2, -0.15) is 0 Å². The van der Waals surface area contributed by atoms with Crippen molar-refractivity contribution in [2.45, 2.75) is 27.2 Å². The van der Waals surface area contributed by atoms with E-state index < -0.39 is 0 Å². The molecule has 0 radical (unpaired) electrons. The molecule has 0 heterocycles. The van der Waals surface area contributed by atoms with Crippen molar-refractivity contribution in [3.8, 4) is 0 Å². The average Bonchev–Trinajstić information content (AvgIpc) is 2.17. The van der Waals surface area contributed by atoms with Crippen LogP contribution in [0, 0.1) is 17.8 Å². The van der Waals surface area contributed by atoms with Crippen molar-refractivity contribution in [1.29, 1.82) is 0 Å². The molecule has 2 unspecified atom stereocenters. The molecule has 0 aromatic carbocycles. The van der Waals surface area contributed by atoms with E-state index in [2.05, 4.69) is 20.8 Å². The fourth-order valence-electron chi connectivity index (χ4n) is 1.28. The SMILES string of the molecule is CC(C)C1CC1C. The molecule has 1 aliphatic rings. The predicted octanol–water partition coefficient (Wildman–Crippen LogP) is 2.30. The summed E-state index contributed by atoms with van der Waals surface area (Å²) in [7, 11) is 0.